The van der Waals surface area contributed by atoms with Gasteiger partial charge in [0.05, 0.1) is 5.69 Å². The predicted octanol–water partition coefficient (Wildman–Crippen LogP) is 1.17. The number of rotatable bonds is 4. The van der Waals surface area contributed by atoms with E-state index in [1.54, 1.807) is 15.4 Å². The van der Waals surface area contributed by atoms with Crippen molar-refractivity contribution >= 4 is 5.82 Å². The molecule has 2 rings (SSSR count). The van der Waals surface area contributed by atoms with Crippen molar-refractivity contribution in [1.82, 2.24) is 24.5 Å². The molecule has 0 atom stereocenters. The van der Waals surface area contributed by atoms with E-state index in [0.717, 1.165) is 11.3 Å². The van der Waals surface area contributed by atoms with Gasteiger partial charge in [0.25, 0.3) is 0 Å². The Labute approximate surface area is 117 Å². The summed E-state index contributed by atoms with van der Waals surface area (Å²) in [5.74, 6) is 0.256. The zero-order valence-electron chi connectivity index (χ0n) is 12.2. The van der Waals surface area contributed by atoms with Crippen LogP contribution in [-0.4, -0.2) is 24.5 Å². The maximum Gasteiger partial charge on any atom is 0.349 e. The van der Waals surface area contributed by atoms with E-state index in [1.165, 1.54) is 0 Å². The highest BCUT2D eigenvalue weighted by atomic mass is 16.1. The number of anilines is 1. The number of hydrogen-bond acceptors (Lipinski definition) is 5. The molecule has 20 heavy (non-hydrogen) atoms. The second kappa shape index (κ2) is 5.44. The summed E-state index contributed by atoms with van der Waals surface area (Å²) >= 11 is 0. The standard InChI is InChI=1S/C13H20N6O/c1-8(2)18-6-10(12(14)15-13(18)20)5-11-7-19(9(3)4)17-16-11/h6-9H,5H2,1-4H3,(H2,14,15,20). The minimum absolute atomic E-state index is 0.0423. The second-order valence-corrected chi connectivity index (χ2v) is 5.40. The third-order valence-electron chi connectivity index (χ3n) is 3.08. The van der Waals surface area contributed by atoms with Gasteiger partial charge in [-0.3, -0.25) is 4.57 Å². The Balaban J connectivity index is 2.32. The van der Waals surface area contributed by atoms with Crippen LogP contribution in [-0.2, 0) is 6.42 Å². The summed E-state index contributed by atoms with van der Waals surface area (Å²) in [6, 6.07) is 0.303. The lowest BCUT2D eigenvalue weighted by molar-refractivity contribution is 0.514. The van der Waals surface area contributed by atoms with Crippen molar-refractivity contribution in [3.8, 4) is 0 Å². The molecule has 0 bridgehead atoms. The van der Waals surface area contributed by atoms with Crippen LogP contribution in [0.25, 0.3) is 0 Å². The van der Waals surface area contributed by atoms with Gasteiger partial charge in [0.2, 0.25) is 0 Å². The van der Waals surface area contributed by atoms with Crippen molar-refractivity contribution in [1.29, 1.82) is 0 Å². The molecule has 0 aliphatic rings. The molecule has 0 spiro atoms. The van der Waals surface area contributed by atoms with Gasteiger partial charge in [-0.15, -0.1) is 5.10 Å². The van der Waals surface area contributed by atoms with Crippen LogP contribution in [0.2, 0.25) is 0 Å². The Morgan fingerprint density at radius 1 is 1.20 bits per heavy atom. The summed E-state index contributed by atoms with van der Waals surface area (Å²) in [6.45, 7) is 7.93. The molecule has 0 fully saturated rings. The summed E-state index contributed by atoms with van der Waals surface area (Å²) in [5, 5.41) is 8.17. The maximum atomic E-state index is 11.7. The Morgan fingerprint density at radius 2 is 1.90 bits per heavy atom. The molecule has 0 unspecified atom stereocenters. The molecule has 7 nitrogen and oxygen atoms in total. The van der Waals surface area contributed by atoms with E-state index in [2.05, 4.69) is 15.3 Å². The Morgan fingerprint density at radius 3 is 2.45 bits per heavy atom. The van der Waals surface area contributed by atoms with Crippen molar-refractivity contribution in [2.75, 3.05) is 5.73 Å². The van der Waals surface area contributed by atoms with E-state index in [-0.39, 0.29) is 23.6 Å². The van der Waals surface area contributed by atoms with Crippen molar-refractivity contribution in [3.05, 3.63) is 34.1 Å². The monoisotopic (exact) mass is 276 g/mol. The van der Waals surface area contributed by atoms with Gasteiger partial charge >= 0.3 is 5.69 Å². The highest BCUT2D eigenvalue weighted by Gasteiger charge is 2.11. The lowest BCUT2D eigenvalue weighted by Gasteiger charge is -2.11. The normalized spacial score (nSPS) is 11.5. The lowest BCUT2D eigenvalue weighted by atomic mass is 10.2. The van der Waals surface area contributed by atoms with Gasteiger partial charge in [-0.25, -0.2) is 9.48 Å². The fourth-order valence-corrected chi connectivity index (χ4v) is 1.87. The molecule has 0 aliphatic heterocycles. The van der Waals surface area contributed by atoms with E-state index >= 15 is 0 Å². The number of hydrogen-bond donors (Lipinski definition) is 1. The summed E-state index contributed by atoms with van der Waals surface area (Å²) in [4.78, 5) is 15.6. The molecule has 2 heterocycles. The third kappa shape index (κ3) is 2.87. The van der Waals surface area contributed by atoms with Gasteiger partial charge in [0.1, 0.15) is 5.82 Å². The van der Waals surface area contributed by atoms with Crippen LogP contribution in [0.15, 0.2) is 17.2 Å². The minimum Gasteiger partial charge on any atom is -0.383 e. The van der Waals surface area contributed by atoms with E-state index < -0.39 is 0 Å². The van der Waals surface area contributed by atoms with E-state index in [9.17, 15) is 4.79 Å². The van der Waals surface area contributed by atoms with Crippen molar-refractivity contribution in [3.63, 3.8) is 0 Å². The molecule has 108 valence electrons. The predicted molar refractivity (Wildman–Crippen MR) is 76.5 cm³/mol. The summed E-state index contributed by atoms with van der Waals surface area (Å²) in [6.07, 6.45) is 4.15. The first-order valence-corrected chi connectivity index (χ1v) is 6.66. The number of nitrogen functional groups attached to an aromatic ring is 1. The van der Waals surface area contributed by atoms with E-state index in [0.29, 0.717) is 6.42 Å². The molecule has 0 amide bonds. The van der Waals surface area contributed by atoms with Gasteiger partial charge < -0.3 is 5.73 Å². The van der Waals surface area contributed by atoms with E-state index in [1.807, 2.05) is 33.9 Å². The zero-order valence-corrected chi connectivity index (χ0v) is 12.2. The van der Waals surface area contributed by atoms with Crippen molar-refractivity contribution in [2.45, 2.75) is 46.2 Å². The Bertz CT molecular complexity index is 655. The van der Waals surface area contributed by atoms with Gasteiger partial charge in [0, 0.05) is 36.5 Å². The molecular weight excluding hydrogens is 256 g/mol. The summed E-state index contributed by atoms with van der Waals surface area (Å²) in [5.41, 5.74) is 7.09. The SMILES string of the molecule is CC(C)n1cc(Cc2cn(C(C)C)c(=O)nc2N)nn1. The molecule has 0 aliphatic carbocycles. The van der Waals surface area contributed by atoms with Gasteiger partial charge in [-0.05, 0) is 27.7 Å². The first-order chi connectivity index (χ1) is 9.38. The molecule has 2 aromatic rings. The minimum atomic E-state index is -0.327. The van der Waals surface area contributed by atoms with Crippen LogP contribution < -0.4 is 11.4 Å². The molecule has 2 N–H and O–H groups in total. The average molecular weight is 276 g/mol. The van der Waals surface area contributed by atoms with Crippen LogP contribution in [0.4, 0.5) is 5.82 Å². The summed E-state index contributed by atoms with van der Waals surface area (Å²) < 4.78 is 3.36. The first-order valence-electron chi connectivity index (χ1n) is 6.66. The molecule has 0 radical (unpaired) electrons. The van der Waals surface area contributed by atoms with Crippen LogP contribution in [0, 0.1) is 0 Å². The molecule has 0 saturated carbocycles. The van der Waals surface area contributed by atoms with Crippen molar-refractivity contribution in [2.24, 2.45) is 0 Å². The number of aromatic nitrogens is 5. The van der Waals surface area contributed by atoms with Crippen LogP contribution in [0.3, 0.4) is 0 Å². The smallest absolute Gasteiger partial charge is 0.349 e. The number of nitrogens with two attached hydrogens (primary N) is 1. The van der Waals surface area contributed by atoms with Gasteiger partial charge in [-0.2, -0.15) is 4.98 Å². The van der Waals surface area contributed by atoms with E-state index in [4.69, 9.17) is 5.73 Å². The van der Waals surface area contributed by atoms with Crippen LogP contribution >= 0.6 is 0 Å². The molecule has 0 saturated heterocycles. The molecule has 7 heteroatoms. The fraction of sp³-hybridized carbons (Fsp3) is 0.538. The summed E-state index contributed by atoms with van der Waals surface area (Å²) in [7, 11) is 0. The quantitative estimate of drug-likeness (QED) is 0.905. The third-order valence-corrected chi connectivity index (χ3v) is 3.08. The maximum absolute atomic E-state index is 11.7. The topological polar surface area (TPSA) is 91.6 Å². The van der Waals surface area contributed by atoms with Crippen LogP contribution in [0.5, 0.6) is 0 Å². The second-order valence-electron chi connectivity index (χ2n) is 5.40. The van der Waals surface area contributed by atoms with Gasteiger partial charge in [0.15, 0.2) is 0 Å². The first kappa shape index (κ1) is 14.2. The average Bonchev–Trinajstić information content (AvgIpc) is 2.80. The molecule has 0 aromatic carbocycles. The van der Waals surface area contributed by atoms with Gasteiger partial charge in [-0.1, -0.05) is 5.21 Å². The largest absolute Gasteiger partial charge is 0.383 e. The lowest BCUT2D eigenvalue weighted by Crippen LogP contribution is -2.26. The van der Waals surface area contributed by atoms with Crippen LogP contribution in [0.1, 0.15) is 51.0 Å². The molecule has 2 aromatic heterocycles. The highest BCUT2D eigenvalue weighted by Crippen LogP contribution is 2.13. The Hall–Kier alpha value is -2.18. The molecular formula is C13H20N6O. The fourth-order valence-electron chi connectivity index (χ4n) is 1.87. The zero-order chi connectivity index (χ0) is 14.9. The van der Waals surface area contributed by atoms with Crippen molar-refractivity contribution < 1.29 is 0 Å². The highest BCUT2D eigenvalue weighted by molar-refractivity contribution is 5.39. The number of nitrogens with zero attached hydrogens (tertiary/aromatic N) is 5. The Kier molecular flexibility index (Phi) is 3.87.